The molecule has 120 valence electrons. The van der Waals surface area contributed by atoms with E-state index in [1.54, 1.807) is 14.2 Å². The minimum atomic E-state index is 0.162. The third kappa shape index (κ3) is 3.05. The molecule has 2 aliphatic heterocycles. The highest BCUT2D eigenvalue weighted by Gasteiger charge is 2.29. The molecule has 2 aliphatic rings. The highest BCUT2D eigenvalue weighted by Crippen LogP contribution is 2.34. The number of nitrogens with zero attached hydrogens (tertiary/aromatic N) is 1. The lowest BCUT2D eigenvalue weighted by molar-refractivity contribution is -0.131. The second-order valence-corrected chi connectivity index (χ2v) is 7.15. The van der Waals surface area contributed by atoms with E-state index in [-0.39, 0.29) is 5.25 Å². The maximum absolute atomic E-state index is 12.7. The lowest BCUT2D eigenvalue weighted by Gasteiger charge is -2.33. The molecule has 0 bridgehead atoms. The zero-order valence-corrected chi connectivity index (χ0v) is 14.1. The number of methoxy groups -OCH3 is 2. The van der Waals surface area contributed by atoms with Gasteiger partial charge in [0.25, 0.3) is 0 Å². The first kappa shape index (κ1) is 15.5. The highest BCUT2D eigenvalue weighted by molar-refractivity contribution is 8.00. The predicted molar refractivity (Wildman–Crippen MR) is 88.8 cm³/mol. The molecule has 4 nitrogen and oxygen atoms in total. The lowest BCUT2D eigenvalue weighted by Crippen LogP contribution is -2.41. The summed E-state index contributed by atoms with van der Waals surface area (Å²) in [6.07, 6.45) is 4.34. The summed E-state index contributed by atoms with van der Waals surface area (Å²) >= 11 is 1.82. The average molecular weight is 321 g/mol. The predicted octanol–water partition coefficient (Wildman–Crippen LogP) is 2.87. The van der Waals surface area contributed by atoms with Gasteiger partial charge in [-0.2, -0.15) is 0 Å². The molecule has 0 aliphatic carbocycles. The van der Waals surface area contributed by atoms with E-state index < -0.39 is 0 Å². The third-order valence-electron chi connectivity index (χ3n) is 4.48. The molecule has 0 radical (unpaired) electrons. The van der Waals surface area contributed by atoms with E-state index >= 15 is 0 Å². The molecule has 1 atom stereocenters. The molecule has 1 amide bonds. The second kappa shape index (κ2) is 6.82. The topological polar surface area (TPSA) is 38.8 Å². The number of rotatable bonds is 3. The molecular formula is C17H23NO3S. The van der Waals surface area contributed by atoms with Gasteiger partial charge in [-0.1, -0.05) is 6.42 Å². The maximum atomic E-state index is 12.7. The Morgan fingerprint density at radius 1 is 1.18 bits per heavy atom. The van der Waals surface area contributed by atoms with E-state index in [1.165, 1.54) is 24.0 Å². The van der Waals surface area contributed by atoms with Gasteiger partial charge in [-0.15, -0.1) is 11.8 Å². The molecule has 3 rings (SSSR count). The van der Waals surface area contributed by atoms with Gasteiger partial charge in [-0.25, -0.2) is 0 Å². The number of carbonyl (C=O) groups excluding carboxylic acids is 1. The van der Waals surface area contributed by atoms with Crippen LogP contribution in [0.3, 0.4) is 0 Å². The molecule has 1 aromatic carbocycles. The number of benzene rings is 1. The Morgan fingerprint density at radius 3 is 2.55 bits per heavy atom. The summed E-state index contributed by atoms with van der Waals surface area (Å²) < 4.78 is 10.7. The van der Waals surface area contributed by atoms with Gasteiger partial charge in [0.05, 0.1) is 19.5 Å². The Hall–Kier alpha value is -1.36. The van der Waals surface area contributed by atoms with Crippen molar-refractivity contribution in [3.8, 4) is 11.5 Å². The molecule has 1 aromatic rings. The number of hydrogen-bond acceptors (Lipinski definition) is 4. The number of amides is 1. The van der Waals surface area contributed by atoms with Crippen molar-refractivity contribution >= 4 is 17.7 Å². The first-order valence-electron chi connectivity index (χ1n) is 7.87. The molecule has 22 heavy (non-hydrogen) atoms. The Morgan fingerprint density at radius 2 is 1.91 bits per heavy atom. The van der Waals surface area contributed by atoms with Crippen LogP contribution in [0.4, 0.5) is 0 Å². The number of carbonyl (C=O) groups is 1. The molecule has 0 spiro atoms. The van der Waals surface area contributed by atoms with Gasteiger partial charge in [-0.3, -0.25) is 4.79 Å². The Balaban J connectivity index is 1.76. The van der Waals surface area contributed by atoms with Crippen LogP contribution in [0.1, 0.15) is 30.4 Å². The monoisotopic (exact) mass is 321 g/mol. The zero-order chi connectivity index (χ0) is 15.5. The Kier molecular flexibility index (Phi) is 4.81. The van der Waals surface area contributed by atoms with Crippen LogP contribution in [-0.2, 0) is 17.8 Å². The largest absolute Gasteiger partial charge is 0.493 e. The fourth-order valence-corrected chi connectivity index (χ4v) is 4.49. The van der Waals surface area contributed by atoms with Gasteiger partial charge >= 0.3 is 0 Å². The van der Waals surface area contributed by atoms with Gasteiger partial charge in [0.15, 0.2) is 11.5 Å². The minimum Gasteiger partial charge on any atom is -0.493 e. The van der Waals surface area contributed by atoms with Crippen LogP contribution in [0, 0.1) is 0 Å². The van der Waals surface area contributed by atoms with Crippen molar-refractivity contribution in [3.05, 3.63) is 23.3 Å². The van der Waals surface area contributed by atoms with Crippen molar-refractivity contribution in [1.29, 1.82) is 0 Å². The van der Waals surface area contributed by atoms with Crippen molar-refractivity contribution in [3.63, 3.8) is 0 Å². The molecule has 1 fully saturated rings. The summed E-state index contributed by atoms with van der Waals surface area (Å²) in [7, 11) is 3.30. The van der Waals surface area contributed by atoms with Gasteiger partial charge in [0, 0.05) is 13.1 Å². The van der Waals surface area contributed by atoms with E-state index in [4.69, 9.17) is 9.47 Å². The molecule has 2 heterocycles. The van der Waals surface area contributed by atoms with Crippen molar-refractivity contribution in [2.45, 2.75) is 37.5 Å². The number of fused-ring (bicyclic) bond motifs is 1. The first-order chi connectivity index (χ1) is 10.7. The summed E-state index contributed by atoms with van der Waals surface area (Å²) in [5, 5.41) is 0.162. The van der Waals surface area contributed by atoms with Crippen molar-refractivity contribution in [1.82, 2.24) is 4.90 Å². The van der Waals surface area contributed by atoms with Crippen molar-refractivity contribution < 1.29 is 14.3 Å². The van der Waals surface area contributed by atoms with E-state index in [9.17, 15) is 4.79 Å². The average Bonchev–Trinajstić information content (AvgIpc) is 2.60. The molecular weight excluding hydrogens is 298 g/mol. The fourth-order valence-electron chi connectivity index (χ4n) is 3.21. The summed E-state index contributed by atoms with van der Waals surface area (Å²) in [5.74, 6) is 2.93. The van der Waals surface area contributed by atoms with Crippen LogP contribution >= 0.6 is 11.8 Å². The summed E-state index contributed by atoms with van der Waals surface area (Å²) in [6.45, 7) is 1.49. The Bertz CT molecular complexity index is 555. The SMILES string of the molecule is COc1cc2c(cc1OC)CN(C(=O)C1CCCCS1)CC2. The van der Waals surface area contributed by atoms with Crippen LogP contribution < -0.4 is 9.47 Å². The number of ether oxygens (including phenoxy) is 2. The molecule has 0 saturated carbocycles. The Labute approximate surface area is 136 Å². The van der Waals surface area contributed by atoms with Crippen LogP contribution in [0.15, 0.2) is 12.1 Å². The van der Waals surface area contributed by atoms with Gasteiger partial charge in [0.1, 0.15) is 0 Å². The highest BCUT2D eigenvalue weighted by atomic mass is 32.2. The third-order valence-corrected chi connectivity index (χ3v) is 5.85. The minimum absolute atomic E-state index is 0.162. The quantitative estimate of drug-likeness (QED) is 0.858. The normalized spacial score (nSPS) is 21.2. The zero-order valence-electron chi connectivity index (χ0n) is 13.3. The van der Waals surface area contributed by atoms with E-state index in [1.807, 2.05) is 28.8 Å². The van der Waals surface area contributed by atoms with E-state index in [0.29, 0.717) is 12.5 Å². The number of thioether (sulfide) groups is 1. The lowest BCUT2D eigenvalue weighted by atomic mass is 9.98. The summed E-state index contributed by atoms with van der Waals surface area (Å²) in [4.78, 5) is 14.7. The van der Waals surface area contributed by atoms with Crippen molar-refractivity contribution in [2.24, 2.45) is 0 Å². The first-order valence-corrected chi connectivity index (χ1v) is 8.92. The molecule has 1 saturated heterocycles. The standard InChI is InChI=1S/C17H23NO3S/c1-20-14-9-12-6-7-18(11-13(12)10-15(14)21-2)17(19)16-5-3-4-8-22-16/h9-10,16H,3-8,11H2,1-2H3. The van der Waals surface area contributed by atoms with Gasteiger partial charge < -0.3 is 14.4 Å². The van der Waals surface area contributed by atoms with E-state index in [2.05, 4.69) is 0 Å². The van der Waals surface area contributed by atoms with Crippen LogP contribution in [0.2, 0.25) is 0 Å². The fraction of sp³-hybridized carbons (Fsp3) is 0.588. The summed E-state index contributed by atoms with van der Waals surface area (Å²) in [5.41, 5.74) is 2.44. The van der Waals surface area contributed by atoms with Crippen LogP contribution in [0.5, 0.6) is 11.5 Å². The molecule has 0 aromatic heterocycles. The maximum Gasteiger partial charge on any atom is 0.235 e. The smallest absolute Gasteiger partial charge is 0.235 e. The van der Waals surface area contributed by atoms with Gasteiger partial charge in [0.2, 0.25) is 5.91 Å². The molecule has 0 N–H and O–H groups in total. The second-order valence-electron chi connectivity index (χ2n) is 5.84. The van der Waals surface area contributed by atoms with E-state index in [0.717, 1.165) is 36.6 Å². The van der Waals surface area contributed by atoms with Crippen molar-refractivity contribution in [2.75, 3.05) is 26.5 Å². The molecule has 5 heteroatoms. The summed E-state index contributed by atoms with van der Waals surface area (Å²) in [6, 6.07) is 4.06. The molecule has 1 unspecified atom stereocenters. The van der Waals surface area contributed by atoms with Gasteiger partial charge in [-0.05, 0) is 48.3 Å². The van der Waals surface area contributed by atoms with Crippen LogP contribution in [0.25, 0.3) is 0 Å². The number of hydrogen-bond donors (Lipinski definition) is 0. The van der Waals surface area contributed by atoms with Crippen LogP contribution in [-0.4, -0.2) is 42.6 Å².